The second kappa shape index (κ2) is 5.97. The van der Waals surface area contributed by atoms with Crippen LogP contribution in [0.2, 0.25) is 10.0 Å². The zero-order valence-corrected chi connectivity index (χ0v) is 12.9. The highest BCUT2D eigenvalue weighted by molar-refractivity contribution is 6.42. The van der Waals surface area contributed by atoms with Crippen molar-refractivity contribution >= 4 is 23.2 Å². The molecule has 0 aromatic heterocycles. The number of hydrogen-bond acceptors (Lipinski definition) is 2. The van der Waals surface area contributed by atoms with Gasteiger partial charge in [0.25, 0.3) is 0 Å². The van der Waals surface area contributed by atoms with Gasteiger partial charge < -0.3 is 4.74 Å². The van der Waals surface area contributed by atoms with E-state index in [2.05, 4.69) is 11.5 Å². The van der Waals surface area contributed by atoms with Crippen LogP contribution < -0.4 is 4.74 Å². The fraction of sp³-hybridized carbons (Fsp3) is 0.500. The van der Waals surface area contributed by atoms with Crippen LogP contribution in [-0.2, 0) is 0 Å². The molecule has 0 amide bonds. The van der Waals surface area contributed by atoms with Gasteiger partial charge in [-0.1, -0.05) is 29.3 Å². The first-order chi connectivity index (χ1) is 9.67. The van der Waals surface area contributed by atoms with Gasteiger partial charge in [-0.15, -0.1) is 6.58 Å². The first kappa shape index (κ1) is 14.2. The lowest BCUT2D eigenvalue weighted by Crippen LogP contribution is -2.46. The minimum Gasteiger partial charge on any atom is -0.490 e. The Bertz CT molecular complexity index is 491. The largest absolute Gasteiger partial charge is 0.490 e. The van der Waals surface area contributed by atoms with Gasteiger partial charge in [0.1, 0.15) is 11.9 Å². The van der Waals surface area contributed by atoms with Crippen LogP contribution in [0.15, 0.2) is 30.9 Å². The van der Waals surface area contributed by atoms with Crippen LogP contribution in [0, 0.1) is 0 Å². The molecule has 2 saturated heterocycles. The molecule has 2 atom stereocenters. The van der Waals surface area contributed by atoms with Crippen molar-refractivity contribution in [1.82, 2.24) is 4.90 Å². The van der Waals surface area contributed by atoms with Gasteiger partial charge in [0.2, 0.25) is 0 Å². The molecule has 2 bridgehead atoms. The van der Waals surface area contributed by atoms with Gasteiger partial charge in [-0.3, -0.25) is 4.90 Å². The summed E-state index contributed by atoms with van der Waals surface area (Å²) in [6, 6.07) is 6.77. The Balaban J connectivity index is 1.65. The molecule has 2 aliphatic rings. The fourth-order valence-corrected chi connectivity index (χ4v) is 3.80. The summed E-state index contributed by atoms with van der Waals surface area (Å²) in [5.74, 6) is 0.820. The molecule has 1 aromatic rings. The van der Waals surface area contributed by atoms with E-state index in [4.69, 9.17) is 27.9 Å². The zero-order chi connectivity index (χ0) is 14.1. The summed E-state index contributed by atoms with van der Waals surface area (Å²) in [5.41, 5.74) is 0. The van der Waals surface area contributed by atoms with Crippen LogP contribution >= 0.6 is 23.2 Å². The van der Waals surface area contributed by atoms with E-state index in [1.165, 1.54) is 12.8 Å². The van der Waals surface area contributed by atoms with Crippen molar-refractivity contribution in [2.45, 2.75) is 43.9 Å². The summed E-state index contributed by atoms with van der Waals surface area (Å²) in [6.07, 6.45) is 7.02. The molecule has 2 heterocycles. The molecule has 2 fully saturated rings. The summed E-state index contributed by atoms with van der Waals surface area (Å²) >= 11 is 12.0. The van der Waals surface area contributed by atoms with E-state index in [1.807, 2.05) is 18.2 Å². The van der Waals surface area contributed by atoms with Gasteiger partial charge in [-0.25, -0.2) is 0 Å². The van der Waals surface area contributed by atoms with E-state index in [0.29, 0.717) is 22.1 Å². The Morgan fingerprint density at radius 1 is 1.20 bits per heavy atom. The van der Waals surface area contributed by atoms with Gasteiger partial charge in [0.15, 0.2) is 0 Å². The minimum atomic E-state index is 0.283. The molecule has 2 nitrogen and oxygen atoms in total. The van der Waals surface area contributed by atoms with E-state index in [1.54, 1.807) is 6.07 Å². The first-order valence-corrected chi connectivity index (χ1v) is 7.91. The van der Waals surface area contributed by atoms with Crippen molar-refractivity contribution in [2.24, 2.45) is 0 Å². The number of halogens is 2. The van der Waals surface area contributed by atoms with E-state index < -0.39 is 0 Å². The van der Waals surface area contributed by atoms with E-state index in [9.17, 15) is 0 Å². The fourth-order valence-electron chi connectivity index (χ4n) is 3.51. The Morgan fingerprint density at radius 2 is 1.90 bits per heavy atom. The Morgan fingerprint density at radius 3 is 2.50 bits per heavy atom. The summed E-state index contributed by atoms with van der Waals surface area (Å²) in [4.78, 5) is 2.57. The Labute approximate surface area is 130 Å². The van der Waals surface area contributed by atoms with Crippen LogP contribution in [0.1, 0.15) is 25.7 Å². The highest BCUT2D eigenvalue weighted by Crippen LogP contribution is 2.37. The predicted octanol–water partition coefficient (Wildman–Crippen LogP) is 4.55. The summed E-state index contributed by atoms with van der Waals surface area (Å²) in [6.45, 7) is 4.85. The molecule has 3 rings (SSSR count). The summed E-state index contributed by atoms with van der Waals surface area (Å²) in [7, 11) is 0. The van der Waals surface area contributed by atoms with Crippen LogP contribution in [-0.4, -0.2) is 29.6 Å². The molecular weight excluding hydrogens is 293 g/mol. The molecular formula is C16H19Cl2NO. The van der Waals surface area contributed by atoms with Gasteiger partial charge in [-0.2, -0.15) is 0 Å². The second-order valence-corrected chi connectivity index (χ2v) is 6.47. The smallest absolute Gasteiger partial charge is 0.121 e. The van der Waals surface area contributed by atoms with E-state index in [0.717, 1.165) is 25.1 Å². The first-order valence-electron chi connectivity index (χ1n) is 7.15. The normalized spacial score (nSPS) is 29.4. The maximum Gasteiger partial charge on any atom is 0.121 e. The molecule has 0 saturated carbocycles. The van der Waals surface area contributed by atoms with Crippen molar-refractivity contribution in [3.63, 3.8) is 0 Å². The lowest BCUT2D eigenvalue weighted by atomic mass is 9.99. The molecule has 2 aliphatic heterocycles. The highest BCUT2D eigenvalue weighted by Gasteiger charge is 2.40. The molecule has 4 heteroatoms. The molecule has 1 aromatic carbocycles. The van der Waals surface area contributed by atoms with Crippen molar-refractivity contribution in [3.8, 4) is 5.75 Å². The molecule has 0 spiro atoms. The molecule has 2 unspecified atom stereocenters. The quantitative estimate of drug-likeness (QED) is 0.756. The van der Waals surface area contributed by atoms with Gasteiger partial charge in [0, 0.05) is 24.7 Å². The van der Waals surface area contributed by atoms with Crippen molar-refractivity contribution < 1.29 is 4.74 Å². The number of ether oxygens (including phenoxy) is 1. The molecule has 0 radical (unpaired) electrons. The second-order valence-electron chi connectivity index (χ2n) is 5.66. The zero-order valence-electron chi connectivity index (χ0n) is 11.4. The number of nitrogens with zero attached hydrogens (tertiary/aromatic N) is 1. The SMILES string of the molecule is C=CCN1C2CCC1CC(Oc1ccc(Cl)c(Cl)c1)C2. The number of rotatable bonds is 4. The number of hydrogen-bond donors (Lipinski definition) is 0. The van der Waals surface area contributed by atoms with Gasteiger partial charge >= 0.3 is 0 Å². The molecule has 20 heavy (non-hydrogen) atoms. The van der Waals surface area contributed by atoms with E-state index in [-0.39, 0.29) is 6.10 Å². The predicted molar refractivity (Wildman–Crippen MR) is 83.8 cm³/mol. The van der Waals surface area contributed by atoms with Crippen molar-refractivity contribution in [2.75, 3.05) is 6.54 Å². The van der Waals surface area contributed by atoms with Crippen LogP contribution in [0.5, 0.6) is 5.75 Å². The van der Waals surface area contributed by atoms with Gasteiger partial charge in [0.05, 0.1) is 10.0 Å². The Kier molecular flexibility index (Phi) is 4.25. The standard InChI is InChI=1S/C16H19Cl2NO/c1-2-7-19-11-3-4-12(19)9-14(8-11)20-13-5-6-15(17)16(18)10-13/h2,5-6,10-12,14H,1,3-4,7-9H2. The molecule has 108 valence electrons. The average molecular weight is 312 g/mol. The maximum absolute atomic E-state index is 6.10. The number of benzene rings is 1. The average Bonchev–Trinajstić information content (AvgIpc) is 2.67. The van der Waals surface area contributed by atoms with Gasteiger partial charge in [-0.05, 0) is 37.8 Å². The van der Waals surface area contributed by atoms with Crippen LogP contribution in [0.25, 0.3) is 0 Å². The van der Waals surface area contributed by atoms with E-state index >= 15 is 0 Å². The third kappa shape index (κ3) is 2.83. The van der Waals surface area contributed by atoms with Crippen LogP contribution in [0.4, 0.5) is 0 Å². The lowest BCUT2D eigenvalue weighted by molar-refractivity contribution is 0.0570. The third-order valence-electron chi connectivity index (χ3n) is 4.37. The minimum absolute atomic E-state index is 0.283. The monoisotopic (exact) mass is 311 g/mol. The Hall–Kier alpha value is -0.700. The van der Waals surface area contributed by atoms with Crippen LogP contribution in [0.3, 0.4) is 0 Å². The van der Waals surface area contributed by atoms with Crippen molar-refractivity contribution in [3.05, 3.63) is 40.9 Å². The van der Waals surface area contributed by atoms with Crippen molar-refractivity contribution in [1.29, 1.82) is 0 Å². The highest BCUT2D eigenvalue weighted by atomic mass is 35.5. The third-order valence-corrected chi connectivity index (χ3v) is 5.11. The maximum atomic E-state index is 6.10. The molecule has 0 aliphatic carbocycles. The number of fused-ring (bicyclic) bond motifs is 2. The topological polar surface area (TPSA) is 12.5 Å². The lowest BCUT2D eigenvalue weighted by Gasteiger charge is -2.38. The number of piperidine rings is 1. The summed E-state index contributed by atoms with van der Waals surface area (Å²) < 4.78 is 6.10. The summed E-state index contributed by atoms with van der Waals surface area (Å²) in [5, 5.41) is 1.12. The molecule has 0 N–H and O–H groups in total.